The SMILES string of the molecule is Oc1cccc([C@H]2Sc3cc(O)ccc3S[C@H]2c2ccc(OCCN3CCCCC3)c(Br)c2)c1. The van der Waals surface area contributed by atoms with Crippen LogP contribution in [0.25, 0.3) is 0 Å². The molecule has 34 heavy (non-hydrogen) atoms. The first-order chi connectivity index (χ1) is 16.6. The molecule has 5 rings (SSSR count). The van der Waals surface area contributed by atoms with Crippen molar-refractivity contribution in [2.75, 3.05) is 26.2 Å². The molecule has 0 amide bonds. The lowest BCUT2D eigenvalue weighted by Crippen LogP contribution is -2.33. The molecule has 4 nitrogen and oxygen atoms in total. The van der Waals surface area contributed by atoms with Crippen LogP contribution in [0.15, 0.2) is 74.9 Å². The van der Waals surface area contributed by atoms with E-state index in [-0.39, 0.29) is 22.0 Å². The smallest absolute Gasteiger partial charge is 0.133 e. The number of likely N-dealkylation sites (tertiary alicyclic amines) is 1. The summed E-state index contributed by atoms with van der Waals surface area (Å²) < 4.78 is 7.08. The van der Waals surface area contributed by atoms with Gasteiger partial charge in [0, 0.05) is 16.3 Å². The van der Waals surface area contributed by atoms with Gasteiger partial charge >= 0.3 is 0 Å². The van der Waals surface area contributed by atoms with E-state index in [0.29, 0.717) is 6.61 Å². The molecule has 0 bridgehead atoms. The number of phenols is 2. The number of aromatic hydroxyl groups is 2. The molecule has 0 radical (unpaired) electrons. The molecule has 0 aliphatic carbocycles. The van der Waals surface area contributed by atoms with Crippen molar-refractivity contribution in [3.63, 3.8) is 0 Å². The van der Waals surface area contributed by atoms with Crippen LogP contribution in [0.3, 0.4) is 0 Å². The quantitative estimate of drug-likeness (QED) is 0.329. The lowest BCUT2D eigenvalue weighted by atomic mass is 10.0. The summed E-state index contributed by atoms with van der Waals surface area (Å²) in [5, 5.41) is 20.3. The number of hydrogen-bond acceptors (Lipinski definition) is 6. The minimum absolute atomic E-state index is 0.0872. The highest BCUT2D eigenvalue weighted by atomic mass is 79.9. The summed E-state index contributed by atoms with van der Waals surface area (Å²) in [4.78, 5) is 4.70. The van der Waals surface area contributed by atoms with Crippen molar-refractivity contribution in [1.82, 2.24) is 4.90 Å². The molecule has 2 heterocycles. The molecule has 0 aromatic heterocycles. The molecule has 0 saturated carbocycles. The molecule has 2 N–H and O–H groups in total. The minimum Gasteiger partial charge on any atom is -0.508 e. The molecule has 0 unspecified atom stereocenters. The predicted molar refractivity (Wildman–Crippen MR) is 143 cm³/mol. The summed E-state index contributed by atoms with van der Waals surface area (Å²) in [6.45, 7) is 4.01. The highest BCUT2D eigenvalue weighted by molar-refractivity contribution is 9.10. The number of thioether (sulfide) groups is 2. The number of nitrogens with zero attached hydrogens (tertiary/aromatic N) is 1. The van der Waals surface area contributed by atoms with Crippen LogP contribution < -0.4 is 4.74 Å². The van der Waals surface area contributed by atoms with Crippen molar-refractivity contribution >= 4 is 39.5 Å². The van der Waals surface area contributed by atoms with E-state index in [1.165, 1.54) is 37.9 Å². The number of halogens is 1. The lowest BCUT2D eigenvalue weighted by Gasteiger charge is -2.33. The van der Waals surface area contributed by atoms with Gasteiger partial charge in [-0.2, -0.15) is 0 Å². The molecule has 0 spiro atoms. The van der Waals surface area contributed by atoms with Gasteiger partial charge in [0.1, 0.15) is 23.9 Å². The third kappa shape index (κ3) is 5.54. The molecule has 2 aliphatic heterocycles. The average Bonchev–Trinajstić information content (AvgIpc) is 2.85. The van der Waals surface area contributed by atoms with E-state index in [9.17, 15) is 10.2 Å². The molecular weight excluding hydrogens is 530 g/mol. The van der Waals surface area contributed by atoms with Gasteiger partial charge in [-0.25, -0.2) is 0 Å². The normalized spacial score (nSPS) is 20.6. The second-order valence-corrected chi connectivity index (χ2v) is 12.0. The Balaban J connectivity index is 1.37. The van der Waals surface area contributed by atoms with Gasteiger partial charge in [0.25, 0.3) is 0 Å². The number of phenolic OH excluding ortho intramolecular Hbond substituents is 2. The molecule has 1 saturated heterocycles. The van der Waals surface area contributed by atoms with E-state index in [4.69, 9.17) is 4.74 Å². The van der Waals surface area contributed by atoms with Gasteiger partial charge in [-0.3, -0.25) is 4.90 Å². The lowest BCUT2D eigenvalue weighted by molar-refractivity contribution is 0.183. The van der Waals surface area contributed by atoms with Crippen molar-refractivity contribution < 1.29 is 14.9 Å². The third-order valence-electron chi connectivity index (χ3n) is 6.31. The number of benzene rings is 3. The van der Waals surface area contributed by atoms with Gasteiger partial charge in [0.15, 0.2) is 0 Å². The second kappa shape index (κ2) is 10.9. The number of rotatable bonds is 6. The van der Waals surface area contributed by atoms with Crippen molar-refractivity contribution in [3.8, 4) is 17.2 Å². The second-order valence-electron chi connectivity index (χ2n) is 8.74. The summed E-state index contributed by atoms with van der Waals surface area (Å²) >= 11 is 7.27. The van der Waals surface area contributed by atoms with E-state index < -0.39 is 0 Å². The van der Waals surface area contributed by atoms with Crippen LogP contribution in [-0.2, 0) is 0 Å². The van der Waals surface area contributed by atoms with Crippen LogP contribution in [-0.4, -0.2) is 41.4 Å². The van der Waals surface area contributed by atoms with Crippen LogP contribution in [0.2, 0.25) is 0 Å². The third-order valence-corrected chi connectivity index (χ3v) is 10.0. The number of piperidine rings is 1. The zero-order chi connectivity index (χ0) is 23.5. The van der Waals surface area contributed by atoms with Gasteiger partial charge in [0.05, 0.1) is 15.0 Å². The van der Waals surface area contributed by atoms with E-state index >= 15 is 0 Å². The summed E-state index contributed by atoms with van der Waals surface area (Å²) in [5.41, 5.74) is 2.26. The summed E-state index contributed by atoms with van der Waals surface area (Å²) in [5.74, 6) is 1.41. The molecule has 3 aromatic rings. The Kier molecular flexibility index (Phi) is 7.64. The molecule has 3 aromatic carbocycles. The van der Waals surface area contributed by atoms with Crippen LogP contribution in [0.5, 0.6) is 17.2 Å². The van der Waals surface area contributed by atoms with E-state index in [0.717, 1.165) is 32.1 Å². The van der Waals surface area contributed by atoms with Crippen molar-refractivity contribution in [2.45, 2.75) is 39.6 Å². The van der Waals surface area contributed by atoms with Gasteiger partial charge in [-0.1, -0.05) is 24.6 Å². The average molecular weight is 559 g/mol. The maximum atomic E-state index is 10.1. The molecule has 2 aliphatic rings. The van der Waals surface area contributed by atoms with Gasteiger partial charge in [-0.05, 0) is 95.5 Å². The molecule has 7 heteroatoms. The highest BCUT2D eigenvalue weighted by Crippen LogP contribution is 2.60. The maximum Gasteiger partial charge on any atom is 0.133 e. The van der Waals surface area contributed by atoms with Crippen LogP contribution >= 0.6 is 39.5 Å². The monoisotopic (exact) mass is 557 g/mol. The Morgan fingerprint density at radius 2 is 1.56 bits per heavy atom. The molecular formula is C27H28BrNO3S2. The molecule has 2 atom stereocenters. The summed E-state index contributed by atoms with van der Waals surface area (Å²) in [6.07, 6.45) is 3.92. The fraction of sp³-hybridized carbons (Fsp3) is 0.333. The van der Waals surface area contributed by atoms with Crippen LogP contribution in [0.1, 0.15) is 40.9 Å². The Hall–Kier alpha value is -1.80. The number of ether oxygens (including phenoxy) is 1. The van der Waals surface area contributed by atoms with Crippen LogP contribution in [0, 0.1) is 0 Å². The minimum atomic E-state index is 0.0872. The fourth-order valence-electron chi connectivity index (χ4n) is 4.55. The zero-order valence-electron chi connectivity index (χ0n) is 18.8. The highest BCUT2D eigenvalue weighted by Gasteiger charge is 2.33. The van der Waals surface area contributed by atoms with E-state index in [2.05, 4.69) is 45.1 Å². The maximum absolute atomic E-state index is 10.1. The van der Waals surface area contributed by atoms with Crippen LogP contribution in [0.4, 0.5) is 0 Å². The Bertz CT molecular complexity index is 1150. The number of hydrogen-bond donors (Lipinski definition) is 2. The largest absolute Gasteiger partial charge is 0.508 e. The van der Waals surface area contributed by atoms with E-state index in [1.54, 1.807) is 35.7 Å². The van der Waals surface area contributed by atoms with Crippen molar-refractivity contribution in [3.05, 3.63) is 76.3 Å². The number of fused-ring (bicyclic) bond motifs is 1. The standard InChI is InChI=1S/C27H28BrNO3S2/c28-22-16-19(7-9-23(22)32-14-13-29-11-2-1-3-12-29)27-26(18-5-4-6-20(30)15-18)34-25-17-21(31)8-10-24(25)33-27/h4-10,15-17,26-27,30-31H,1-3,11-14H2/t26-,27+/m1/s1. The van der Waals surface area contributed by atoms with E-state index in [1.807, 2.05) is 24.3 Å². The predicted octanol–water partition coefficient (Wildman–Crippen LogP) is 7.41. The summed E-state index contributed by atoms with van der Waals surface area (Å²) in [6, 6.07) is 19.4. The first-order valence-corrected chi connectivity index (χ1v) is 14.2. The topological polar surface area (TPSA) is 52.9 Å². The molecule has 178 valence electrons. The van der Waals surface area contributed by atoms with Gasteiger partial charge in [0.2, 0.25) is 0 Å². The first kappa shape index (κ1) is 23.9. The van der Waals surface area contributed by atoms with Gasteiger partial charge < -0.3 is 14.9 Å². The fourth-order valence-corrected chi connectivity index (χ4v) is 8.05. The van der Waals surface area contributed by atoms with Crippen molar-refractivity contribution in [1.29, 1.82) is 0 Å². The van der Waals surface area contributed by atoms with Gasteiger partial charge in [-0.15, -0.1) is 23.5 Å². The first-order valence-electron chi connectivity index (χ1n) is 11.7. The molecule has 1 fully saturated rings. The zero-order valence-corrected chi connectivity index (χ0v) is 22.0. The Labute approximate surface area is 217 Å². The Morgan fingerprint density at radius 3 is 2.32 bits per heavy atom. The Morgan fingerprint density at radius 1 is 0.824 bits per heavy atom. The van der Waals surface area contributed by atoms with Crippen molar-refractivity contribution in [2.24, 2.45) is 0 Å². The summed E-state index contributed by atoms with van der Waals surface area (Å²) in [7, 11) is 0.